The molecule has 1 aliphatic carbocycles. The molecule has 1 fully saturated rings. The van der Waals surface area contributed by atoms with E-state index in [9.17, 15) is 23.2 Å². The third-order valence-electron chi connectivity index (χ3n) is 5.98. The van der Waals surface area contributed by atoms with Gasteiger partial charge in [-0.3, -0.25) is 9.59 Å². The molecule has 3 rings (SSSR count). The van der Waals surface area contributed by atoms with Gasteiger partial charge >= 0.3 is 11.9 Å². The molecule has 0 saturated heterocycles. The highest BCUT2D eigenvalue weighted by atomic mass is 32.1. The summed E-state index contributed by atoms with van der Waals surface area (Å²) in [6.07, 6.45) is 1.39. The molecule has 0 bridgehead atoms. The minimum absolute atomic E-state index is 0.155. The van der Waals surface area contributed by atoms with Gasteiger partial charge in [0.15, 0.2) is 11.6 Å². The number of methoxy groups -OCH3 is 1. The average molecular weight is 494 g/mol. The maximum Gasteiger partial charge on any atom is 0.340 e. The van der Waals surface area contributed by atoms with Crippen LogP contribution < -0.4 is 4.90 Å². The van der Waals surface area contributed by atoms with Crippen LogP contribution in [0.1, 0.15) is 57.3 Å². The standard InChI is InChI=1S/C25H29F2NO5S/c1-13(2)28(23(30)17-8-6-14(3)10-21(17)33-15(4)29)24-18(25(31)32-5)12-22(34-24)16-7-9-19(26)20(27)11-16/h7,9,11-14,17,21H,6,8,10H2,1-5H3/t14-,17-,21+/m1/s1. The van der Waals surface area contributed by atoms with Gasteiger partial charge in [-0.05, 0) is 62.8 Å². The van der Waals surface area contributed by atoms with E-state index in [1.165, 1.54) is 31.1 Å². The summed E-state index contributed by atoms with van der Waals surface area (Å²) in [5.41, 5.74) is 0.531. The number of benzene rings is 1. The van der Waals surface area contributed by atoms with Crippen molar-refractivity contribution >= 4 is 34.2 Å². The van der Waals surface area contributed by atoms with Crippen LogP contribution in [-0.4, -0.2) is 37.1 Å². The van der Waals surface area contributed by atoms with Gasteiger partial charge in [0.2, 0.25) is 5.91 Å². The van der Waals surface area contributed by atoms with Gasteiger partial charge in [0.05, 0.1) is 18.6 Å². The smallest absolute Gasteiger partial charge is 0.340 e. The zero-order valence-electron chi connectivity index (χ0n) is 19.9. The molecule has 1 amide bonds. The van der Waals surface area contributed by atoms with Gasteiger partial charge in [-0.2, -0.15) is 0 Å². The third-order valence-corrected chi connectivity index (χ3v) is 7.17. The van der Waals surface area contributed by atoms with Crippen molar-refractivity contribution in [1.82, 2.24) is 0 Å². The van der Waals surface area contributed by atoms with Crippen molar-refractivity contribution in [2.75, 3.05) is 12.0 Å². The summed E-state index contributed by atoms with van der Waals surface area (Å²) in [5, 5.41) is 0.354. The maximum absolute atomic E-state index is 13.9. The molecule has 3 atom stereocenters. The fourth-order valence-electron chi connectivity index (χ4n) is 4.33. The first-order valence-corrected chi connectivity index (χ1v) is 12.0. The van der Waals surface area contributed by atoms with Crippen LogP contribution in [0, 0.1) is 23.5 Å². The zero-order valence-corrected chi connectivity index (χ0v) is 20.7. The Bertz CT molecular complexity index is 1080. The summed E-state index contributed by atoms with van der Waals surface area (Å²) in [6, 6.07) is 4.67. The Kier molecular flexibility index (Phi) is 8.07. The Hall–Kier alpha value is -2.81. The van der Waals surface area contributed by atoms with E-state index in [0.717, 1.165) is 29.9 Å². The van der Waals surface area contributed by atoms with Crippen molar-refractivity contribution in [2.45, 2.75) is 59.1 Å². The predicted octanol–water partition coefficient (Wildman–Crippen LogP) is 5.59. The average Bonchev–Trinajstić information content (AvgIpc) is 3.19. The molecule has 1 aliphatic rings. The number of hydrogen-bond acceptors (Lipinski definition) is 6. The molecule has 34 heavy (non-hydrogen) atoms. The minimum atomic E-state index is -1.01. The lowest BCUT2D eigenvalue weighted by molar-refractivity contribution is -0.154. The predicted molar refractivity (Wildman–Crippen MR) is 126 cm³/mol. The van der Waals surface area contributed by atoms with E-state index >= 15 is 0 Å². The molecular weight excluding hydrogens is 464 g/mol. The molecule has 6 nitrogen and oxygen atoms in total. The van der Waals surface area contributed by atoms with Crippen LogP contribution >= 0.6 is 11.3 Å². The molecule has 0 N–H and O–H groups in total. The third kappa shape index (κ3) is 5.46. The van der Waals surface area contributed by atoms with Crippen LogP contribution in [0.4, 0.5) is 13.8 Å². The molecule has 1 aromatic carbocycles. The second-order valence-electron chi connectivity index (χ2n) is 8.92. The van der Waals surface area contributed by atoms with Gasteiger partial charge in [0.1, 0.15) is 11.1 Å². The summed E-state index contributed by atoms with van der Waals surface area (Å²) in [6.45, 7) is 7.02. The van der Waals surface area contributed by atoms with Crippen molar-refractivity contribution < 1.29 is 32.6 Å². The number of halogens is 2. The first kappa shape index (κ1) is 25.8. The van der Waals surface area contributed by atoms with E-state index in [1.807, 2.05) is 13.8 Å². The Labute approximate surface area is 201 Å². The van der Waals surface area contributed by atoms with E-state index in [4.69, 9.17) is 9.47 Å². The fourth-order valence-corrected chi connectivity index (χ4v) is 5.61. The highest BCUT2D eigenvalue weighted by Gasteiger charge is 2.40. The molecule has 0 aliphatic heterocycles. The van der Waals surface area contributed by atoms with Crippen molar-refractivity contribution in [1.29, 1.82) is 0 Å². The van der Waals surface area contributed by atoms with Crippen molar-refractivity contribution in [2.24, 2.45) is 11.8 Å². The molecule has 1 aromatic heterocycles. The number of ether oxygens (including phenoxy) is 2. The van der Waals surface area contributed by atoms with Crippen LogP contribution in [0.5, 0.6) is 0 Å². The van der Waals surface area contributed by atoms with Crippen molar-refractivity contribution in [3.63, 3.8) is 0 Å². The molecule has 9 heteroatoms. The quantitative estimate of drug-likeness (QED) is 0.491. The summed E-state index contributed by atoms with van der Waals surface area (Å²) >= 11 is 1.12. The van der Waals surface area contributed by atoms with Crippen LogP contribution in [0.25, 0.3) is 10.4 Å². The first-order valence-electron chi connectivity index (χ1n) is 11.2. The van der Waals surface area contributed by atoms with E-state index in [2.05, 4.69) is 6.92 Å². The summed E-state index contributed by atoms with van der Waals surface area (Å²) < 4.78 is 37.8. The summed E-state index contributed by atoms with van der Waals surface area (Å²) in [5.74, 6) is -3.57. The van der Waals surface area contributed by atoms with Gasteiger partial charge in [0, 0.05) is 17.8 Å². The van der Waals surface area contributed by atoms with Crippen LogP contribution in [-0.2, 0) is 19.1 Å². The van der Waals surface area contributed by atoms with E-state index < -0.39 is 35.6 Å². The second kappa shape index (κ2) is 10.6. The topological polar surface area (TPSA) is 72.9 Å². The van der Waals surface area contributed by atoms with Gasteiger partial charge in [-0.25, -0.2) is 13.6 Å². The SMILES string of the molecule is COC(=O)c1cc(-c2ccc(F)c(F)c2)sc1N(C(=O)[C@@H]1CC[C@@H](C)C[C@@H]1OC(C)=O)C(C)C. The van der Waals surface area contributed by atoms with Gasteiger partial charge in [-0.15, -0.1) is 11.3 Å². The summed E-state index contributed by atoms with van der Waals surface area (Å²) in [4.78, 5) is 40.2. The monoisotopic (exact) mass is 493 g/mol. The van der Waals surface area contributed by atoms with Gasteiger partial charge in [0.25, 0.3) is 0 Å². The number of amides is 1. The number of nitrogens with zero attached hydrogens (tertiary/aromatic N) is 1. The Morgan fingerprint density at radius 3 is 2.41 bits per heavy atom. The maximum atomic E-state index is 13.9. The molecule has 0 unspecified atom stereocenters. The number of hydrogen-bond donors (Lipinski definition) is 0. The molecule has 1 heterocycles. The molecule has 0 radical (unpaired) electrons. The Morgan fingerprint density at radius 1 is 1.12 bits per heavy atom. The number of anilines is 1. The highest BCUT2D eigenvalue weighted by molar-refractivity contribution is 7.20. The zero-order chi connectivity index (χ0) is 25.2. The molecule has 2 aromatic rings. The number of rotatable bonds is 6. The Morgan fingerprint density at radius 2 is 1.82 bits per heavy atom. The normalized spacial score (nSPS) is 20.2. The fraction of sp³-hybridized carbons (Fsp3) is 0.480. The molecule has 0 spiro atoms. The number of carbonyl (C=O) groups excluding carboxylic acids is 3. The summed E-state index contributed by atoms with van der Waals surface area (Å²) in [7, 11) is 1.24. The highest BCUT2D eigenvalue weighted by Crippen LogP contribution is 2.41. The van der Waals surface area contributed by atoms with E-state index in [1.54, 1.807) is 0 Å². The van der Waals surface area contributed by atoms with E-state index in [-0.39, 0.29) is 17.5 Å². The lowest BCUT2D eigenvalue weighted by atomic mass is 9.79. The van der Waals surface area contributed by atoms with Crippen molar-refractivity contribution in [3.8, 4) is 10.4 Å². The first-order chi connectivity index (χ1) is 16.0. The van der Waals surface area contributed by atoms with Crippen LogP contribution in [0.15, 0.2) is 24.3 Å². The lowest BCUT2D eigenvalue weighted by Gasteiger charge is -2.37. The number of esters is 2. The molecule has 1 saturated carbocycles. The Balaban J connectivity index is 2.06. The second-order valence-corrected chi connectivity index (χ2v) is 9.96. The van der Waals surface area contributed by atoms with Gasteiger partial charge < -0.3 is 14.4 Å². The lowest BCUT2D eigenvalue weighted by Crippen LogP contribution is -2.47. The molecule has 184 valence electrons. The van der Waals surface area contributed by atoms with Crippen LogP contribution in [0.3, 0.4) is 0 Å². The largest absolute Gasteiger partial charge is 0.465 e. The number of carbonyl (C=O) groups is 3. The van der Waals surface area contributed by atoms with E-state index in [0.29, 0.717) is 34.2 Å². The van der Waals surface area contributed by atoms with Crippen LogP contribution in [0.2, 0.25) is 0 Å². The van der Waals surface area contributed by atoms with Crippen molar-refractivity contribution in [3.05, 3.63) is 41.5 Å². The minimum Gasteiger partial charge on any atom is -0.465 e. The van der Waals surface area contributed by atoms with Gasteiger partial charge in [-0.1, -0.05) is 13.0 Å². The molecular formula is C25H29F2NO5S. The number of thiophene rings is 1.